The minimum absolute atomic E-state index is 0.278. The van der Waals surface area contributed by atoms with Gasteiger partial charge in [-0.25, -0.2) is 4.98 Å². The lowest BCUT2D eigenvalue weighted by molar-refractivity contribution is -0.00522. The van der Waals surface area contributed by atoms with Gasteiger partial charge in [0.05, 0.1) is 24.1 Å². The number of anilines is 1. The summed E-state index contributed by atoms with van der Waals surface area (Å²) < 4.78 is 5.74. The summed E-state index contributed by atoms with van der Waals surface area (Å²) in [6.45, 7) is 6.10. The van der Waals surface area contributed by atoms with Gasteiger partial charge in [-0.1, -0.05) is 0 Å². The van der Waals surface area contributed by atoms with Crippen LogP contribution in [0.2, 0.25) is 0 Å². The van der Waals surface area contributed by atoms with Gasteiger partial charge in [-0.3, -0.25) is 0 Å². The van der Waals surface area contributed by atoms with Crippen molar-refractivity contribution in [3.8, 4) is 0 Å². The maximum atomic E-state index is 5.74. The molecule has 2 atom stereocenters. The van der Waals surface area contributed by atoms with Gasteiger partial charge < -0.3 is 14.6 Å². The van der Waals surface area contributed by atoms with E-state index >= 15 is 0 Å². The maximum absolute atomic E-state index is 5.74. The number of fused-ring (bicyclic) bond motifs is 1. The monoisotopic (exact) mass is 231 g/mol. The number of nitrogens with one attached hydrogen (secondary N) is 1. The molecule has 0 aliphatic carbocycles. The summed E-state index contributed by atoms with van der Waals surface area (Å²) in [6, 6.07) is 4.24. The van der Waals surface area contributed by atoms with Crippen molar-refractivity contribution in [3.63, 3.8) is 0 Å². The van der Waals surface area contributed by atoms with Crippen molar-refractivity contribution in [3.05, 3.63) is 24.5 Å². The number of nitrogens with zero attached hydrogens (tertiary/aromatic N) is 2. The van der Waals surface area contributed by atoms with E-state index < -0.39 is 0 Å². The molecule has 0 saturated carbocycles. The van der Waals surface area contributed by atoms with Crippen molar-refractivity contribution < 1.29 is 4.74 Å². The van der Waals surface area contributed by atoms with Crippen molar-refractivity contribution in [1.29, 1.82) is 0 Å². The first-order valence-corrected chi connectivity index (χ1v) is 6.06. The van der Waals surface area contributed by atoms with Crippen LogP contribution in [0, 0.1) is 0 Å². The zero-order chi connectivity index (χ0) is 11.8. The molecule has 4 nitrogen and oxygen atoms in total. The minimum atomic E-state index is 0.278. The van der Waals surface area contributed by atoms with Crippen LogP contribution in [0.4, 0.5) is 5.69 Å². The normalized spacial score (nSPS) is 25.4. The van der Waals surface area contributed by atoms with Crippen LogP contribution in [0.3, 0.4) is 0 Å². The van der Waals surface area contributed by atoms with Gasteiger partial charge in [0, 0.05) is 24.7 Å². The molecule has 0 radical (unpaired) electrons. The van der Waals surface area contributed by atoms with Gasteiger partial charge in [0.2, 0.25) is 0 Å². The molecule has 2 aromatic heterocycles. The molecular formula is C13H17N3O. The first-order chi connectivity index (χ1) is 8.22. The second-order valence-electron chi connectivity index (χ2n) is 4.77. The molecule has 0 amide bonds. The van der Waals surface area contributed by atoms with E-state index in [-0.39, 0.29) is 12.2 Å². The molecule has 1 aliphatic heterocycles. The third kappa shape index (κ3) is 2.00. The van der Waals surface area contributed by atoms with Crippen molar-refractivity contribution in [1.82, 2.24) is 9.97 Å². The SMILES string of the molecule is C[C@@H]1CN(c2cnc3[nH]ccc3c2)C[C@H](C)O1. The highest BCUT2D eigenvalue weighted by Gasteiger charge is 2.22. The van der Waals surface area contributed by atoms with E-state index in [0.717, 1.165) is 24.1 Å². The first-order valence-electron chi connectivity index (χ1n) is 6.06. The number of hydrogen-bond donors (Lipinski definition) is 1. The minimum Gasteiger partial charge on any atom is -0.372 e. The number of rotatable bonds is 1. The predicted molar refractivity (Wildman–Crippen MR) is 68.3 cm³/mol. The summed E-state index contributed by atoms with van der Waals surface area (Å²) >= 11 is 0. The molecule has 90 valence electrons. The highest BCUT2D eigenvalue weighted by Crippen LogP contribution is 2.22. The Balaban J connectivity index is 1.91. The van der Waals surface area contributed by atoms with Crippen LogP contribution in [0.5, 0.6) is 0 Å². The molecule has 1 N–H and O–H groups in total. The van der Waals surface area contributed by atoms with E-state index in [9.17, 15) is 0 Å². The number of ether oxygens (including phenoxy) is 1. The Bertz CT molecular complexity index is 512. The Morgan fingerprint density at radius 1 is 1.35 bits per heavy atom. The predicted octanol–water partition coefficient (Wildman–Crippen LogP) is 2.18. The number of pyridine rings is 1. The van der Waals surface area contributed by atoms with E-state index in [1.807, 2.05) is 12.4 Å². The largest absolute Gasteiger partial charge is 0.372 e. The highest BCUT2D eigenvalue weighted by atomic mass is 16.5. The molecule has 0 unspecified atom stereocenters. The molecule has 17 heavy (non-hydrogen) atoms. The molecular weight excluding hydrogens is 214 g/mol. The average Bonchev–Trinajstić information content (AvgIpc) is 2.74. The molecule has 1 saturated heterocycles. The molecule has 0 bridgehead atoms. The molecule has 3 rings (SSSR count). The fourth-order valence-corrected chi connectivity index (χ4v) is 2.49. The molecule has 1 aliphatic rings. The van der Waals surface area contributed by atoms with Crippen LogP contribution >= 0.6 is 0 Å². The Kier molecular flexibility index (Phi) is 2.52. The summed E-state index contributed by atoms with van der Waals surface area (Å²) in [7, 11) is 0. The van der Waals surface area contributed by atoms with E-state index in [1.165, 1.54) is 5.69 Å². The van der Waals surface area contributed by atoms with E-state index in [1.54, 1.807) is 0 Å². The molecule has 1 fully saturated rings. The van der Waals surface area contributed by atoms with Crippen LogP contribution in [0.1, 0.15) is 13.8 Å². The van der Waals surface area contributed by atoms with Gasteiger partial charge in [-0.2, -0.15) is 0 Å². The summed E-state index contributed by atoms with van der Waals surface area (Å²) in [5.41, 5.74) is 2.13. The topological polar surface area (TPSA) is 41.2 Å². The molecule has 2 aromatic rings. The fraction of sp³-hybridized carbons (Fsp3) is 0.462. The number of morpholine rings is 1. The summed E-state index contributed by atoms with van der Waals surface area (Å²) in [6.07, 6.45) is 4.41. The van der Waals surface area contributed by atoms with Gasteiger partial charge in [-0.05, 0) is 26.0 Å². The summed E-state index contributed by atoms with van der Waals surface area (Å²) in [5, 5.41) is 1.16. The van der Waals surface area contributed by atoms with Gasteiger partial charge in [-0.15, -0.1) is 0 Å². The Labute approximate surface area is 101 Å². The average molecular weight is 231 g/mol. The summed E-state index contributed by atoms with van der Waals surface area (Å²) in [4.78, 5) is 9.89. The molecule has 4 heteroatoms. The number of H-pyrrole nitrogens is 1. The fourth-order valence-electron chi connectivity index (χ4n) is 2.49. The van der Waals surface area contributed by atoms with Crippen LogP contribution in [0.25, 0.3) is 11.0 Å². The number of hydrogen-bond acceptors (Lipinski definition) is 3. The van der Waals surface area contributed by atoms with Crippen molar-refractivity contribution in [2.45, 2.75) is 26.1 Å². The Morgan fingerprint density at radius 3 is 2.88 bits per heavy atom. The van der Waals surface area contributed by atoms with Gasteiger partial charge in [0.15, 0.2) is 0 Å². The third-order valence-electron chi connectivity index (χ3n) is 3.17. The lowest BCUT2D eigenvalue weighted by atomic mass is 10.2. The smallest absolute Gasteiger partial charge is 0.137 e. The standard InChI is InChI=1S/C13H17N3O/c1-9-7-16(8-10(2)17-9)12-5-11-3-4-14-13(11)15-6-12/h3-6,9-10H,7-8H2,1-2H3,(H,14,15)/t9-,10+. The Hall–Kier alpha value is -1.55. The van der Waals surface area contributed by atoms with Crippen LogP contribution < -0.4 is 4.90 Å². The van der Waals surface area contributed by atoms with Crippen molar-refractivity contribution in [2.75, 3.05) is 18.0 Å². The number of aromatic amines is 1. The zero-order valence-corrected chi connectivity index (χ0v) is 10.2. The van der Waals surface area contributed by atoms with E-state index in [0.29, 0.717) is 0 Å². The molecule has 0 spiro atoms. The van der Waals surface area contributed by atoms with Crippen LogP contribution in [-0.4, -0.2) is 35.3 Å². The third-order valence-corrected chi connectivity index (χ3v) is 3.17. The van der Waals surface area contributed by atoms with Crippen LogP contribution in [0.15, 0.2) is 24.5 Å². The van der Waals surface area contributed by atoms with Crippen molar-refractivity contribution >= 4 is 16.7 Å². The second-order valence-corrected chi connectivity index (χ2v) is 4.77. The van der Waals surface area contributed by atoms with Gasteiger partial charge >= 0.3 is 0 Å². The molecule has 3 heterocycles. The van der Waals surface area contributed by atoms with Gasteiger partial charge in [0.1, 0.15) is 5.65 Å². The maximum Gasteiger partial charge on any atom is 0.137 e. The second kappa shape index (κ2) is 4.04. The quantitative estimate of drug-likeness (QED) is 0.817. The molecule has 0 aromatic carbocycles. The van der Waals surface area contributed by atoms with Gasteiger partial charge in [0.25, 0.3) is 0 Å². The van der Waals surface area contributed by atoms with E-state index in [4.69, 9.17) is 4.74 Å². The highest BCUT2D eigenvalue weighted by molar-refractivity contribution is 5.79. The Morgan fingerprint density at radius 2 is 2.12 bits per heavy atom. The van der Waals surface area contributed by atoms with Crippen LogP contribution in [-0.2, 0) is 4.74 Å². The lowest BCUT2D eigenvalue weighted by Crippen LogP contribution is -2.45. The first kappa shape index (κ1) is 10.6. The zero-order valence-electron chi connectivity index (χ0n) is 10.2. The van der Waals surface area contributed by atoms with Crippen molar-refractivity contribution in [2.24, 2.45) is 0 Å². The lowest BCUT2D eigenvalue weighted by Gasteiger charge is -2.36. The summed E-state index contributed by atoms with van der Waals surface area (Å²) in [5.74, 6) is 0. The van der Waals surface area contributed by atoms with E-state index in [2.05, 4.69) is 40.8 Å². The number of aromatic nitrogens is 2.